The van der Waals surface area contributed by atoms with E-state index >= 15 is 0 Å². The maximum atomic E-state index is 11.9. The van der Waals surface area contributed by atoms with Crippen LogP contribution in [0.1, 0.15) is 19.4 Å². The van der Waals surface area contributed by atoms with Gasteiger partial charge in [0.2, 0.25) is 10.0 Å². The summed E-state index contributed by atoms with van der Waals surface area (Å²) in [5.41, 5.74) is 0.821. The number of rotatable bonds is 4. The van der Waals surface area contributed by atoms with Gasteiger partial charge in [-0.05, 0) is 32.4 Å². The Morgan fingerprint density at radius 3 is 2.35 bits per heavy atom. The van der Waals surface area contributed by atoms with Crippen LogP contribution < -0.4 is 5.32 Å². The normalized spacial score (nSPS) is 12.2. The summed E-state index contributed by atoms with van der Waals surface area (Å²) in [6, 6.07) is 1.89. The fourth-order valence-electron chi connectivity index (χ4n) is 1.33. The number of nitrogens with one attached hydrogen (secondary N) is 1. The molecule has 0 saturated carbocycles. The van der Waals surface area contributed by atoms with E-state index < -0.39 is 10.0 Å². The summed E-state index contributed by atoms with van der Waals surface area (Å²) < 4.78 is 24.9. The summed E-state index contributed by atoms with van der Waals surface area (Å²) in [6.07, 6.45) is 1.38. The summed E-state index contributed by atoms with van der Waals surface area (Å²) in [6.45, 7) is 5.85. The van der Waals surface area contributed by atoms with Crippen LogP contribution in [0.2, 0.25) is 0 Å². The molecule has 0 unspecified atom stereocenters. The van der Waals surface area contributed by atoms with Crippen LogP contribution in [0.4, 0.5) is 5.82 Å². The van der Waals surface area contributed by atoms with Crippen molar-refractivity contribution in [2.45, 2.75) is 31.7 Å². The molecule has 6 heteroatoms. The van der Waals surface area contributed by atoms with E-state index in [4.69, 9.17) is 0 Å². The Kier molecular flexibility index (Phi) is 4.11. The Hall–Kier alpha value is -1.14. The summed E-state index contributed by atoms with van der Waals surface area (Å²) >= 11 is 0. The maximum Gasteiger partial charge on any atom is 0.244 e. The lowest BCUT2D eigenvalue weighted by Crippen LogP contribution is -2.22. The number of aromatic nitrogens is 1. The quantitative estimate of drug-likeness (QED) is 0.887. The van der Waals surface area contributed by atoms with Crippen molar-refractivity contribution in [2.75, 3.05) is 19.4 Å². The Bertz CT molecular complexity index is 495. The smallest absolute Gasteiger partial charge is 0.244 e. The number of pyridine rings is 1. The SMILES string of the molecule is Cc1cc(S(=O)(=O)N(C)C)cnc1NC(C)C. The minimum Gasteiger partial charge on any atom is -0.368 e. The molecule has 0 spiro atoms. The van der Waals surface area contributed by atoms with Gasteiger partial charge in [0.25, 0.3) is 0 Å². The lowest BCUT2D eigenvalue weighted by molar-refractivity contribution is 0.520. The second kappa shape index (κ2) is 5.01. The molecule has 0 aliphatic heterocycles. The minimum atomic E-state index is -3.40. The highest BCUT2D eigenvalue weighted by atomic mass is 32.2. The standard InChI is InChI=1S/C11H19N3O2S/c1-8(2)13-11-9(3)6-10(7-12-11)17(15,16)14(4)5/h6-8H,1-5H3,(H,12,13). The van der Waals surface area contributed by atoms with Gasteiger partial charge >= 0.3 is 0 Å². The second-order valence-corrected chi connectivity index (χ2v) is 6.57. The van der Waals surface area contributed by atoms with E-state index in [1.807, 2.05) is 20.8 Å². The summed E-state index contributed by atoms with van der Waals surface area (Å²) in [5.74, 6) is 0.720. The first-order valence-electron chi connectivity index (χ1n) is 5.41. The molecule has 0 bridgehead atoms. The van der Waals surface area contributed by atoms with Crippen LogP contribution in [0.15, 0.2) is 17.2 Å². The molecule has 0 aromatic carbocycles. The molecule has 0 atom stereocenters. The van der Waals surface area contributed by atoms with Crippen molar-refractivity contribution in [2.24, 2.45) is 0 Å². The van der Waals surface area contributed by atoms with Crippen LogP contribution in [-0.4, -0.2) is 37.8 Å². The number of anilines is 1. The van der Waals surface area contributed by atoms with E-state index in [1.54, 1.807) is 6.07 Å². The van der Waals surface area contributed by atoms with Gasteiger partial charge in [-0.2, -0.15) is 0 Å². The van der Waals surface area contributed by atoms with Gasteiger partial charge in [-0.3, -0.25) is 0 Å². The Morgan fingerprint density at radius 1 is 1.35 bits per heavy atom. The predicted molar refractivity (Wildman–Crippen MR) is 68.6 cm³/mol. The number of aryl methyl sites for hydroxylation is 1. The second-order valence-electron chi connectivity index (χ2n) is 4.42. The fraction of sp³-hybridized carbons (Fsp3) is 0.545. The molecule has 0 radical (unpaired) electrons. The van der Waals surface area contributed by atoms with Gasteiger partial charge in [0, 0.05) is 26.3 Å². The predicted octanol–water partition coefficient (Wildman–Crippen LogP) is 1.46. The molecule has 0 aliphatic carbocycles. The van der Waals surface area contributed by atoms with Crippen molar-refractivity contribution in [3.05, 3.63) is 17.8 Å². The first kappa shape index (κ1) is 13.9. The monoisotopic (exact) mass is 257 g/mol. The van der Waals surface area contributed by atoms with E-state index in [0.717, 1.165) is 11.4 Å². The third kappa shape index (κ3) is 3.17. The first-order valence-corrected chi connectivity index (χ1v) is 6.85. The van der Waals surface area contributed by atoms with Crippen molar-refractivity contribution in [3.63, 3.8) is 0 Å². The van der Waals surface area contributed by atoms with Gasteiger partial charge < -0.3 is 5.32 Å². The van der Waals surface area contributed by atoms with Gasteiger partial charge in [0.15, 0.2) is 0 Å². The fourth-order valence-corrected chi connectivity index (χ4v) is 2.26. The number of hydrogen-bond acceptors (Lipinski definition) is 4. The largest absolute Gasteiger partial charge is 0.368 e. The summed E-state index contributed by atoms with van der Waals surface area (Å²) in [5, 5.41) is 3.16. The molecule has 0 fully saturated rings. The van der Waals surface area contributed by atoms with Crippen LogP contribution in [0.25, 0.3) is 0 Å². The molecule has 0 aliphatic rings. The molecule has 1 aromatic heterocycles. The minimum absolute atomic E-state index is 0.217. The molecule has 1 heterocycles. The Morgan fingerprint density at radius 2 is 1.94 bits per heavy atom. The third-order valence-electron chi connectivity index (χ3n) is 2.26. The van der Waals surface area contributed by atoms with E-state index in [-0.39, 0.29) is 10.9 Å². The highest BCUT2D eigenvalue weighted by Gasteiger charge is 2.18. The van der Waals surface area contributed by atoms with Crippen LogP contribution in [-0.2, 0) is 10.0 Å². The summed E-state index contributed by atoms with van der Waals surface area (Å²) in [4.78, 5) is 4.37. The zero-order chi connectivity index (χ0) is 13.2. The molecule has 1 aromatic rings. The van der Waals surface area contributed by atoms with E-state index in [9.17, 15) is 8.42 Å². The summed E-state index contributed by atoms with van der Waals surface area (Å²) in [7, 11) is -0.392. The molecular weight excluding hydrogens is 238 g/mol. The van der Waals surface area contributed by atoms with E-state index in [2.05, 4.69) is 10.3 Å². The van der Waals surface area contributed by atoms with Crippen LogP contribution >= 0.6 is 0 Å². The molecule has 96 valence electrons. The van der Waals surface area contributed by atoms with Crippen molar-refractivity contribution in [3.8, 4) is 0 Å². The third-order valence-corrected chi connectivity index (χ3v) is 4.04. The van der Waals surface area contributed by atoms with Crippen molar-refractivity contribution in [1.29, 1.82) is 0 Å². The molecular formula is C11H19N3O2S. The lowest BCUT2D eigenvalue weighted by atomic mass is 10.2. The van der Waals surface area contributed by atoms with E-state index in [1.165, 1.54) is 24.6 Å². The van der Waals surface area contributed by atoms with Crippen LogP contribution in [0.3, 0.4) is 0 Å². The zero-order valence-corrected chi connectivity index (χ0v) is 11.7. The molecule has 17 heavy (non-hydrogen) atoms. The highest BCUT2D eigenvalue weighted by molar-refractivity contribution is 7.89. The lowest BCUT2D eigenvalue weighted by Gasteiger charge is -2.15. The first-order chi connectivity index (χ1) is 7.75. The molecule has 5 nitrogen and oxygen atoms in total. The Labute approximate surface area is 103 Å². The van der Waals surface area contributed by atoms with Crippen molar-refractivity contribution in [1.82, 2.24) is 9.29 Å². The van der Waals surface area contributed by atoms with Crippen molar-refractivity contribution >= 4 is 15.8 Å². The van der Waals surface area contributed by atoms with Gasteiger partial charge in [-0.1, -0.05) is 0 Å². The highest BCUT2D eigenvalue weighted by Crippen LogP contribution is 2.18. The average molecular weight is 257 g/mol. The van der Waals surface area contributed by atoms with Crippen LogP contribution in [0, 0.1) is 6.92 Å². The van der Waals surface area contributed by atoms with E-state index in [0.29, 0.717) is 0 Å². The molecule has 1 rings (SSSR count). The number of sulfonamides is 1. The molecule has 0 amide bonds. The maximum absolute atomic E-state index is 11.9. The Balaban J connectivity index is 3.13. The number of hydrogen-bond donors (Lipinski definition) is 1. The zero-order valence-electron chi connectivity index (χ0n) is 10.9. The topological polar surface area (TPSA) is 62.3 Å². The molecule has 0 saturated heterocycles. The van der Waals surface area contributed by atoms with Gasteiger partial charge in [0.05, 0.1) is 0 Å². The number of nitrogens with zero attached hydrogens (tertiary/aromatic N) is 2. The van der Waals surface area contributed by atoms with Gasteiger partial charge in [-0.15, -0.1) is 0 Å². The van der Waals surface area contributed by atoms with Gasteiger partial charge in [-0.25, -0.2) is 17.7 Å². The van der Waals surface area contributed by atoms with Gasteiger partial charge in [0.1, 0.15) is 10.7 Å². The van der Waals surface area contributed by atoms with Crippen LogP contribution in [0.5, 0.6) is 0 Å². The molecule has 1 N–H and O–H groups in total. The van der Waals surface area contributed by atoms with Crippen molar-refractivity contribution < 1.29 is 8.42 Å². The average Bonchev–Trinajstić information content (AvgIpc) is 2.20.